The first-order chi connectivity index (χ1) is 12.7. The summed E-state index contributed by atoms with van der Waals surface area (Å²) in [5.41, 5.74) is 1.28. The van der Waals surface area contributed by atoms with Gasteiger partial charge in [0.15, 0.2) is 5.96 Å². The minimum absolute atomic E-state index is 0.203. The Morgan fingerprint density at radius 1 is 1.23 bits per heavy atom. The summed E-state index contributed by atoms with van der Waals surface area (Å²) in [6.07, 6.45) is 5.89. The highest BCUT2D eigenvalue weighted by molar-refractivity contribution is 5.79. The molecule has 0 spiro atoms. The van der Waals surface area contributed by atoms with Gasteiger partial charge in [0.2, 0.25) is 0 Å². The van der Waals surface area contributed by atoms with E-state index < -0.39 is 0 Å². The lowest BCUT2D eigenvalue weighted by molar-refractivity contribution is 0.242. The number of hydrogen-bond donors (Lipinski definition) is 2. The van der Waals surface area contributed by atoms with Gasteiger partial charge in [-0.3, -0.25) is 9.67 Å². The maximum atomic E-state index is 5.67. The number of guanidine groups is 1. The predicted molar refractivity (Wildman–Crippen MR) is 107 cm³/mol. The molecule has 0 amide bonds. The molecule has 0 atom stereocenters. The molecule has 0 aliphatic rings. The van der Waals surface area contributed by atoms with E-state index in [0.717, 1.165) is 50.7 Å². The predicted octanol–water partition coefficient (Wildman–Crippen LogP) is 2.86. The average Bonchev–Trinajstić information content (AvgIpc) is 3.13. The summed E-state index contributed by atoms with van der Waals surface area (Å²) < 4.78 is 7.61. The Bertz CT molecular complexity index is 635. The molecule has 0 fully saturated rings. The summed E-state index contributed by atoms with van der Waals surface area (Å²) in [7, 11) is 0. The molecule has 0 aliphatic carbocycles. The summed E-state index contributed by atoms with van der Waals surface area (Å²) in [6.45, 7) is 9.51. The lowest BCUT2D eigenvalue weighted by Crippen LogP contribution is -2.38. The fraction of sp³-hybridized carbons (Fsp3) is 0.500. The van der Waals surface area contributed by atoms with Crippen molar-refractivity contribution in [3.05, 3.63) is 48.3 Å². The minimum atomic E-state index is 0.203. The third-order valence-electron chi connectivity index (χ3n) is 3.72. The van der Waals surface area contributed by atoms with Gasteiger partial charge in [0.25, 0.3) is 0 Å². The Morgan fingerprint density at radius 2 is 2.04 bits per heavy atom. The molecule has 0 unspecified atom stereocenters. The monoisotopic (exact) mass is 357 g/mol. The van der Waals surface area contributed by atoms with Gasteiger partial charge in [0, 0.05) is 38.6 Å². The molecule has 1 aromatic heterocycles. The van der Waals surface area contributed by atoms with Crippen LogP contribution in [-0.4, -0.2) is 41.5 Å². The molecule has 6 nitrogen and oxygen atoms in total. The zero-order chi connectivity index (χ0) is 18.6. The molecule has 0 aliphatic heterocycles. The summed E-state index contributed by atoms with van der Waals surface area (Å²) in [5.74, 6) is 1.79. The van der Waals surface area contributed by atoms with Gasteiger partial charge in [-0.2, -0.15) is 5.10 Å². The standard InChI is InChI=1S/C20H31N5O/c1-4-21-20(22-12-5-15-25-16-6-13-24-25)23-14-11-18-7-9-19(10-8-18)26-17(2)3/h6-10,13,16-17H,4-5,11-12,14-15H2,1-3H3,(H2,21,22,23). The Balaban J connectivity index is 1.72. The van der Waals surface area contributed by atoms with E-state index in [0.29, 0.717) is 0 Å². The number of hydrogen-bond acceptors (Lipinski definition) is 3. The molecular formula is C20H31N5O. The van der Waals surface area contributed by atoms with Crippen LogP contribution in [0, 0.1) is 0 Å². The second kappa shape index (κ2) is 11.2. The second-order valence-electron chi connectivity index (χ2n) is 6.37. The lowest BCUT2D eigenvalue weighted by Gasteiger charge is -2.12. The zero-order valence-electron chi connectivity index (χ0n) is 16.1. The summed E-state index contributed by atoms with van der Waals surface area (Å²) in [5, 5.41) is 10.9. The van der Waals surface area contributed by atoms with E-state index in [2.05, 4.69) is 39.8 Å². The molecule has 2 N–H and O–H groups in total. The van der Waals surface area contributed by atoms with Crippen LogP contribution in [0.3, 0.4) is 0 Å². The van der Waals surface area contributed by atoms with E-state index in [4.69, 9.17) is 4.74 Å². The molecule has 2 aromatic rings. The quantitative estimate of drug-likeness (QED) is 0.390. The first-order valence-electron chi connectivity index (χ1n) is 9.42. The van der Waals surface area contributed by atoms with Crippen molar-refractivity contribution >= 4 is 5.96 Å². The highest BCUT2D eigenvalue weighted by Crippen LogP contribution is 2.13. The van der Waals surface area contributed by atoms with Crippen LogP contribution in [0.5, 0.6) is 5.75 Å². The number of nitrogens with zero attached hydrogens (tertiary/aromatic N) is 3. The van der Waals surface area contributed by atoms with Crippen molar-refractivity contribution in [3.8, 4) is 5.75 Å². The largest absolute Gasteiger partial charge is 0.491 e. The highest BCUT2D eigenvalue weighted by Gasteiger charge is 2.00. The molecule has 0 bridgehead atoms. The minimum Gasteiger partial charge on any atom is -0.491 e. The van der Waals surface area contributed by atoms with Crippen LogP contribution < -0.4 is 15.4 Å². The third kappa shape index (κ3) is 7.59. The fourth-order valence-corrected chi connectivity index (χ4v) is 2.53. The first-order valence-corrected chi connectivity index (χ1v) is 9.42. The van der Waals surface area contributed by atoms with E-state index in [-0.39, 0.29) is 6.10 Å². The van der Waals surface area contributed by atoms with Crippen molar-refractivity contribution in [2.45, 2.75) is 46.3 Å². The number of benzene rings is 1. The van der Waals surface area contributed by atoms with Gasteiger partial charge >= 0.3 is 0 Å². The molecule has 0 radical (unpaired) electrons. The summed E-state index contributed by atoms with van der Waals surface area (Å²) >= 11 is 0. The topological polar surface area (TPSA) is 63.5 Å². The Kier molecular flexibility index (Phi) is 8.52. The number of rotatable bonds is 10. The Labute approximate surface area is 156 Å². The van der Waals surface area contributed by atoms with E-state index in [1.807, 2.05) is 42.9 Å². The molecule has 6 heteroatoms. The maximum absolute atomic E-state index is 5.67. The number of aryl methyl sites for hydroxylation is 1. The number of ether oxygens (including phenoxy) is 1. The lowest BCUT2D eigenvalue weighted by atomic mass is 10.1. The van der Waals surface area contributed by atoms with Crippen molar-refractivity contribution in [1.82, 2.24) is 20.4 Å². The Hall–Kier alpha value is -2.50. The van der Waals surface area contributed by atoms with Crippen molar-refractivity contribution < 1.29 is 4.74 Å². The molecule has 1 heterocycles. The van der Waals surface area contributed by atoms with E-state index >= 15 is 0 Å². The van der Waals surface area contributed by atoms with Crippen LogP contribution in [-0.2, 0) is 13.0 Å². The van der Waals surface area contributed by atoms with Gasteiger partial charge in [-0.1, -0.05) is 12.1 Å². The van der Waals surface area contributed by atoms with Gasteiger partial charge in [-0.25, -0.2) is 0 Å². The Morgan fingerprint density at radius 3 is 2.69 bits per heavy atom. The number of nitrogens with one attached hydrogen (secondary N) is 2. The van der Waals surface area contributed by atoms with Crippen molar-refractivity contribution in [3.63, 3.8) is 0 Å². The maximum Gasteiger partial charge on any atom is 0.191 e. The zero-order valence-corrected chi connectivity index (χ0v) is 16.1. The first kappa shape index (κ1) is 19.8. The van der Waals surface area contributed by atoms with E-state index in [9.17, 15) is 0 Å². The molecule has 2 rings (SSSR count). The van der Waals surface area contributed by atoms with Gasteiger partial charge in [0.1, 0.15) is 5.75 Å². The highest BCUT2D eigenvalue weighted by atomic mass is 16.5. The fourth-order valence-electron chi connectivity index (χ4n) is 2.53. The molecular weight excluding hydrogens is 326 g/mol. The third-order valence-corrected chi connectivity index (χ3v) is 3.72. The van der Waals surface area contributed by atoms with Crippen LogP contribution >= 0.6 is 0 Å². The second-order valence-corrected chi connectivity index (χ2v) is 6.37. The SMILES string of the molecule is CCNC(=NCCCn1cccn1)NCCc1ccc(OC(C)C)cc1. The van der Waals surface area contributed by atoms with Crippen LogP contribution in [0.2, 0.25) is 0 Å². The van der Waals surface area contributed by atoms with Crippen molar-refractivity contribution in [2.75, 3.05) is 19.6 Å². The van der Waals surface area contributed by atoms with Gasteiger partial charge < -0.3 is 15.4 Å². The normalized spacial score (nSPS) is 11.6. The van der Waals surface area contributed by atoms with Crippen LogP contribution in [0.25, 0.3) is 0 Å². The summed E-state index contributed by atoms with van der Waals surface area (Å²) in [6, 6.07) is 10.2. The van der Waals surface area contributed by atoms with Crippen molar-refractivity contribution in [1.29, 1.82) is 0 Å². The van der Waals surface area contributed by atoms with E-state index in [1.54, 1.807) is 6.20 Å². The van der Waals surface area contributed by atoms with Gasteiger partial charge in [-0.15, -0.1) is 0 Å². The molecule has 26 heavy (non-hydrogen) atoms. The van der Waals surface area contributed by atoms with Gasteiger partial charge in [-0.05, 0) is 57.4 Å². The van der Waals surface area contributed by atoms with Crippen LogP contribution in [0.15, 0.2) is 47.7 Å². The number of aliphatic imine (C=N–C) groups is 1. The molecule has 1 aromatic carbocycles. The van der Waals surface area contributed by atoms with Crippen LogP contribution in [0.1, 0.15) is 32.8 Å². The molecule has 0 saturated carbocycles. The molecule has 0 saturated heterocycles. The molecule has 142 valence electrons. The van der Waals surface area contributed by atoms with Crippen LogP contribution in [0.4, 0.5) is 0 Å². The van der Waals surface area contributed by atoms with Crippen molar-refractivity contribution in [2.24, 2.45) is 4.99 Å². The smallest absolute Gasteiger partial charge is 0.191 e. The number of aromatic nitrogens is 2. The average molecular weight is 358 g/mol. The van der Waals surface area contributed by atoms with Gasteiger partial charge in [0.05, 0.1) is 6.10 Å². The summed E-state index contributed by atoms with van der Waals surface area (Å²) in [4.78, 5) is 4.62. The van der Waals surface area contributed by atoms with E-state index in [1.165, 1.54) is 5.56 Å².